The Bertz CT molecular complexity index is 1270. The highest BCUT2D eigenvalue weighted by Crippen LogP contribution is 2.30. The van der Waals surface area contributed by atoms with E-state index in [2.05, 4.69) is 19.2 Å². The number of amides is 1. The minimum absolute atomic E-state index is 0.199. The number of ether oxygens (including phenoxy) is 4. The van der Waals surface area contributed by atoms with Crippen LogP contribution in [0.3, 0.4) is 0 Å². The van der Waals surface area contributed by atoms with E-state index >= 15 is 0 Å². The molecule has 2 saturated heterocycles. The summed E-state index contributed by atoms with van der Waals surface area (Å²) < 4.78 is 22.9. The van der Waals surface area contributed by atoms with E-state index in [1.807, 2.05) is 0 Å². The van der Waals surface area contributed by atoms with Gasteiger partial charge in [-0.3, -0.25) is 4.79 Å². The lowest BCUT2D eigenvalue weighted by molar-refractivity contribution is -0.359. The molecule has 0 aromatic rings. The first-order valence-corrected chi connectivity index (χ1v) is 31.8. The van der Waals surface area contributed by atoms with Gasteiger partial charge in [-0.15, -0.1) is 0 Å². The molecule has 0 spiro atoms. The zero-order valence-electron chi connectivity index (χ0n) is 48.1. The Kier molecular flexibility index (Phi) is 44.6. The maximum absolute atomic E-state index is 13.3. The number of rotatable bonds is 52. The maximum atomic E-state index is 13.3. The van der Waals surface area contributed by atoms with Crippen LogP contribution in [0.4, 0.5) is 0 Å². The Morgan fingerprint density at radius 3 is 1.13 bits per heavy atom. The van der Waals surface area contributed by atoms with Crippen molar-refractivity contribution in [2.75, 3.05) is 19.8 Å². The lowest BCUT2D eigenvalue weighted by Gasteiger charge is -2.46. The summed E-state index contributed by atoms with van der Waals surface area (Å²) >= 11 is 0. The van der Waals surface area contributed by atoms with Gasteiger partial charge in [-0.05, 0) is 12.8 Å². The Balaban J connectivity index is 1.70. The molecule has 1 amide bonds. The Morgan fingerprint density at radius 1 is 0.427 bits per heavy atom. The van der Waals surface area contributed by atoms with Crippen LogP contribution in [0.1, 0.15) is 290 Å². The number of carbonyl (C=O) groups excluding carboxylic acids is 1. The maximum Gasteiger partial charge on any atom is 0.220 e. The summed E-state index contributed by atoms with van der Waals surface area (Å²) in [6.45, 7) is 2.91. The summed E-state index contributed by atoms with van der Waals surface area (Å²) in [5.41, 5.74) is 0. The molecule has 2 aliphatic rings. The molecule has 12 atom stereocenters. The molecule has 14 nitrogen and oxygen atoms in total. The van der Waals surface area contributed by atoms with Gasteiger partial charge < -0.3 is 65.1 Å². The number of unbranched alkanes of at least 4 members (excludes halogenated alkanes) is 39. The average molecular weight is 1070 g/mol. The zero-order valence-corrected chi connectivity index (χ0v) is 48.1. The van der Waals surface area contributed by atoms with Crippen LogP contribution in [-0.4, -0.2) is 140 Å². The second-order valence-corrected chi connectivity index (χ2v) is 22.9. The van der Waals surface area contributed by atoms with Gasteiger partial charge in [0.2, 0.25) is 5.91 Å². The quantitative estimate of drug-likeness (QED) is 0.0259. The van der Waals surface area contributed by atoms with Crippen LogP contribution in [0.5, 0.6) is 0 Å². The Morgan fingerprint density at radius 2 is 0.760 bits per heavy atom. The third-order valence-electron chi connectivity index (χ3n) is 16.1. The molecule has 2 aliphatic heterocycles. The van der Waals surface area contributed by atoms with Crippen LogP contribution in [0.2, 0.25) is 0 Å². The number of hydrogen-bond acceptors (Lipinski definition) is 13. The van der Waals surface area contributed by atoms with Gasteiger partial charge >= 0.3 is 0 Å². The highest BCUT2D eigenvalue weighted by molar-refractivity contribution is 5.76. The summed E-state index contributed by atoms with van der Waals surface area (Å²) in [5, 5.41) is 87.4. The third kappa shape index (κ3) is 33.4. The molecular weight excluding hydrogens is 955 g/mol. The predicted octanol–water partition coefficient (Wildman–Crippen LogP) is 11.3. The van der Waals surface area contributed by atoms with E-state index < -0.39 is 86.8 Å². The second-order valence-electron chi connectivity index (χ2n) is 22.9. The normalized spacial score (nSPS) is 24.9. The topological polar surface area (TPSA) is 228 Å². The summed E-state index contributed by atoms with van der Waals surface area (Å²) in [6.07, 6.45) is 36.8. The molecule has 9 N–H and O–H groups in total. The van der Waals surface area contributed by atoms with Crippen molar-refractivity contribution in [1.29, 1.82) is 0 Å². The Labute approximate surface area is 457 Å². The summed E-state index contributed by atoms with van der Waals surface area (Å²) in [4.78, 5) is 13.3. The monoisotopic (exact) mass is 1070 g/mol. The van der Waals surface area contributed by atoms with Crippen molar-refractivity contribution >= 4 is 5.91 Å². The number of nitrogens with one attached hydrogen (secondary N) is 1. The van der Waals surface area contributed by atoms with Crippen LogP contribution in [-0.2, 0) is 23.7 Å². The average Bonchev–Trinajstić information content (AvgIpc) is 3.41. The van der Waals surface area contributed by atoms with Gasteiger partial charge in [0.15, 0.2) is 12.6 Å². The summed E-state index contributed by atoms with van der Waals surface area (Å²) in [6, 6.07) is -0.823. The smallest absolute Gasteiger partial charge is 0.220 e. The SMILES string of the molecule is CCCCCCCCCCCCCCCCCCCCCCCCCCC(=O)N[C@@H](CO[C@@H]1O[C@H](CO)[C@@H](O[C@@H]2O[C@H](CO)[C@H](O)C(O)C2O)C(O)C1O)[C@H](O)CCCCCCCCCCCCCCCCCCC. The fourth-order valence-electron chi connectivity index (χ4n) is 10.9. The highest BCUT2D eigenvalue weighted by Gasteiger charge is 2.51. The van der Waals surface area contributed by atoms with Gasteiger partial charge in [-0.25, -0.2) is 0 Å². The fourth-order valence-corrected chi connectivity index (χ4v) is 10.9. The highest BCUT2D eigenvalue weighted by atomic mass is 16.7. The number of hydrogen-bond donors (Lipinski definition) is 9. The van der Waals surface area contributed by atoms with E-state index in [1.54, 1.807) is 0 Å². The molecule has 0 bridgehead atoms. The molecule has 0 radical (unpaired) electrons. The van der Waals surface area contributed by atoms with E-state index in [-0.39, 0.29) is 12.5 Å². The molecule has 0 saturated carbocycles. The minimum Gasteiger partial charge on any atom is -0.394 e. The molecular formula is C61H119NO13. The Hall–Kier alpha value is -1.01. The van der Waals surface area contributed by atoms with Crippen LogP contribution in [0.25, 0.3) is 0 Å². The van der Waals surface area contributed by atoms with E-state index in [0.29, 0.717) is 12.8 Å². The lowest BCUT2D eigenvalue weighted by Crippen LogP contribution is -2.65. The lowest BCUT2D eigenvalue weighted by atomic mass is 9.97. The predicted molar refractivity (Wildman–Crippen MR) is 300 cm³/mol. The largest absolute Gasteiger partial charge is 0.394 e. The number of aliphatic hydroxyl groups excluding tert-OH is 8. The second kappa shape index (κ2) is 47.8. The van der Waals surface area contributed by atoms with Crippen LogP contribution < -0.4 is 5.32 Å². The van der Waals surface area contributed by atoms with Gasteiger partial charge in [-0.2, -0.15) is 0 Å². The minimum atomic E-state index is -1.78. The summed E-state index contributed by atoms with van der Waals surface area (Å²) in [5.74, 6) is -0.199. The van der Waals surface area contributed by atoms with Crippen molar-refractivity contribution < 1.29 is 64.6 Å². The number of aliphatic hydroxyl groups is 8. The van der Waals surface area contributed by atoms with Gasteiger partial charge in [0.1, 0.15) is 48.8 Å². The van der Waals surface area contributed by atoms with E-state index in [9.17, 15) is 45.6 Å². The van der Waals surface area contributed by atoms with Gasteiger partial charge in [0, 0.05) is 6.42 Å². The standard InChI is InChI=1S/C61H119NO13/c1-3-5-7-9-11-13-15-17-19-21-22-23-24-25-26-27-29-31-33-35-37-39-41-43-45-53(66)62-49(50(65)44-42-40-38-36-34-32-30-28-20-18-16-14-12-10-8-6-4-2)48-72-60-58(71)56(69)59(52(47-64)74-60)75-61-57(70)55(68)54(67)51(46-63)73-61/h49-52,54-61,63-65,67-71H,3-48H2,1-2H3,(H,62,66)/t49-,50+,51+,52+,54-,55?,56?,57?,58?,59+,60+,61-/m0/s1. The van der Waals surface area contributed by atoms with Crippen LogP contribution in [0.15, 0.2) is 0 Å². The number of carbonyl (C=O) groups is 1. The van der Waals surface area contributed by atoms with E-state index in [0.717, 1.165) is 51.4 Å². The third-order valence-corrected chi connectivity index (χ3v) is 16.1. The molecule has 0 aromatic carbocycles. The molecule has 0 aliphatic carbocycles. The molecule has 4 unspecified atom stereocenters. The van der Waals surface area contributed by atoms with Crippen molar-refractivity contribution in [2.24, 2.45) is 0 Å². The summed E-state index contributed by atoms with van der Waals surface area (Å²) in [7, 11) is 0. The molecule has 75 heavy (non-hydrogen) atoms. The van der Waals surface area contributed by atoms with E-state index in [1.165, 1.54) is 212 Å². The van der Waals surface area contributed by atoms with Crippen molar-refractivity contribution in [3.8, 4) is 0 Å². The van der Waals surface area contributed by atoms with Crippen molar-refractivity contribution in [1.82, 2.24) is 5.32 Å². The first-order chi connectivity index (χ1) is 36.6. The van der Waals surface area contributed by atoms with Crippen molar-refractivity contribution in [3.63, 3.8) is 0 Å². The molecule has 446 valence electrons. The molecule has 2 rings (SSSR count). The first-order valence-electron chi connectivity index (χ1n) is 31.8. The van der Waals surface area contributed by atoms with Gasteiger partial charge in [0.05, 0.1) is 32.0 Å². The molecule has 14 heteroatoms. The van der Waals surface area contributed by atoms with E-state index in [4.69, 9.17) is 18.9 Å². The van der Waals surface area contributed by atoms with Crippen LogP contribution >= 0.6 is 0 Å². The fraction of sp³-hybridized carbons (Fsp3) is 0.984. The van der Waals surface area contributed by atoms with Crippen molar-refractivity contribution in [2.45, 2.75) is 364 Å². The van der Waals surface area contributed by atoms with Gasteiger partial charge in [0.25, 0.3) is 0 Å². The van der Waals surface area contributed by atoms with Gasteiger partial charge in [-0.1, -0.05) is 271 Å². The zero-order chi connectivity index (χ0) is 54.6. The first kappa shape index (κ1) is 70.1. The van der Waals surface area contributed by atoms with Crippen LogP contribution in [0, 0.1) is 0 Å². The molecule has 2 heterocycles. The van der Waals surface area contributed by atoms with Crippen molar-refractivity contribution in [3.05, 3.63) is 0 Å². The molecule has 0 aromatic heterocycles. The molecule has 2 fully saturated rings.